The summed E-state index contributed by atoms with van der Waals surface area (Å²) in [6.45, 7) is 0.102. The lowest BCUT2D eigenvalue weighted by Crippen LogP contribution is -2.35. The number of hydroxylamine groups is 2. The summed E-state index contributed by atoms with van der Waals surface area (Å²) in [5.41, 5.74) is 0. The van der Waals surface area contributed by atoms with Crippen molar-refractivity contribution in [3.63, 3.8) is 0 Å². The predicted molar refractivity (Wildman–Crippen MR) is 27.6 cm³/mol. The first-order chi connectivity index (χ1) is 4.22. The second-order valence-corrected chi connectivity index (χ2v) is 1.65. The van der Waals surface area contributed by atoms with Gasteiger partial charge in [-0.1, -0.05) is 6.08 Å². The smallest absolute Gasteiger partial charge is 0.285 e. The van der Waals surface area contributed by atoms with Crippen molar-refractivity contribution < 1.29 is 14.8 Å². The Morgan fingerprint density at radius 3 is 2.67 bits per heavy atom. The molecule has 4 nitrogen and oxygen atoms in total. The molecule has 0 radical (unpaired) electrons. The first-order valence-electron chi connectivity index (χ1n) is 2.43. The number of nitrogens with zero attached hydrogens (tertiary/aromatic N) is 1. The van der Waals surface area contributed by atoms with E-state index in [-0.39, 0.29) is 6.54 Å². The zero-order valence-electron chi connectivity index (χ0n) is 4.57. The summed E-state index contributed by atoms with van der Waals surface area (Å²) < 4.78 is 0. The van der Waals surface area contributed by atoms with Gasteiger partial charge in [0.2, 0.25) is 5.78 Å². The second kappa shape index (κ2) is 1.99. The van der Waals surface area contributed by atoms with Crippen molar-refractivity contribution in [2.45, 2.75) is 0 Å². The molecular formula is C5H5NO3. The Kier molecular flexibility index (Phi) is 1.32. The molecule has 1 aliphatic rings. The molecule has 1 heterocycles. The molecular weight excluding hydrogens is 122 g/mol. The van der Waals surface area contributed by atoms with Crippen molar-refractivity contribution in [3.8, 4) is 0 Å². The minimum atomic E-state index is -0.863. The molecule has 4 heteroatoms. The number of hydrogen-bond donors (Lipinski definition) is 1. The first kappa shape index (κ1) is 5.97. The minimum absolute atomic E-state index is 0.102. The highest BCUT2D eigenvalue weighted by Crippen LogP contribution is 1.94. The molecule has 1 N–H and O–H groups in total. The van der Waals surface area contributed by atoms with Gasteiger partial charge in [0.05, 0.1) is 6.54 Å². The van der Waals surface area contributed by atoms with Gasteiger partial charge in [-0.15, -0.1) is 0 Å². The third-order valence-corrected chi connectivity index (χ3v) is 0.993. The van der Waals surface area contributed by atoms with Crippen LogP contribution in [0.1, 0.15) is 0 Å². The Labute approximate surface area is 51.3 Å². The third kappa shape index (κ3) is 0.972. The Morgan fingerprint density at radius 2 is 2.22 bits per heavy atom. The van der Waals surface area contributed by atoms with Gasteiger partial charge < -0.3 is 0 Å². The number of carbonyl (C=O) groups is 2. The number of rotatable bonds is 0. The highest BCUT2D eigenvalue weighted by molar-refractivity contribution is 6.40. The van der Waals surface area contributed by atoms with Gasteiger partial charge in [0.1, 0.15) is 0 Å². The van der Waals surface area contributed by atoms with Crippen LogP contribution in [0.15, 0.2) is 12.2 Å². The van der Waals surface area contributed by atoms with E-state index in [9.17, 15) is 9.59 Å². The summed E-state index contributed by atoms with van der Waals surface area (Å²) in [4.78, 5) is 20.8. The summed E-state index contributed by atoms with van der Waals surface area (Å²) in [5.74, 6) is -1.54. The van der Waals surface area contributed by atoms with Gasteiger partial charge in [0.25, 0.3) is 0 Å². The fraction of sp³-hybridized carbons (Fsp3) is 0.200. The van der Waals surface area contributed by atoms with E-state index in [1.807, 2.05) is 0 Å². The molecule has 1 aliphatic heterocycles. The standard InChI is InChI=1S/C5H5NO3/c7-4-2-1-3-6(9)5(4)8/h1-2,9H,3H2. The molecule has 48 valence electrons. The molecule has 0 atom stereocenters. The molecule has 0 aliphatic carbocycles. The highest BCUT2D eigenvalue weighted by Gasteiger charge is 2.19. The van der Waals surface area contributed by atoms with Crippen LogP contribution in [0.3, 0.4) is 0 Å². The Morgan fingerprint density at radius 1 is 1.56 bits per heavy atom. The number of amides is 1. The van der Waals surface area contributed by atoms with E-state index in [0.717, 1.165) is 6.08 Å². The lowest BCUT2D eigenvalue weighted by Gasteiger charge is -2.12. The quantitative estimate of drug-likeness (QED) is 0.347. The number of ketones is 1. The van der Waals surface area contributed by atoms with E-state index in [1.165, 1.54) is 6.08 Å². The van der Waals surface area contributed by atoms with Crippen molar-refractivity contribution in [3.05, 3.63) is 12.2 Å². The summed E-state index contributed by atoms with van der Waals surface area (Å²) in [6, 6.07) is 0. The van der Waals surface area contributed by atoms with Crippen LogP contribution in [-0.2, 0) is 9.59 Å². The Balaban J connectivity index is 2.81. The molecule has 0 aromatic rings. The zero-order chi connectivity index (χ0) is 6.85. The van der Waals surface area contributed by atoms with Crippen LogP contribution < -0.4 is 0 Å². The lowest BCUT2D eigenvalue weighted by molar-refractivity contribution is -0.167. The molecule has 0 aromatic carbocycles. The van der Waals surface area contributed by atoms with E-state index < -0.39 is 11.7 Å². The van der Waals surface area contributed by atoms with Gasteiger partial charge in [-0.3, -0.25) is 14.8 Å². The molecule has 0 saturated carbocycles. The van der Waals surface area contributed by atoms with Crippen LogP contribution in [0.5, 0.6) is 0 Å². The summed E-state index contributed by atoms with van der Waals surface area (Å²) >= 11 is 0. The normalized spacial score (nSPS) is 19.0. The zero-order valence-corrected chi connectivity index (χ0v) is 4.57. The fourth-order valence-corrected chi connectivity index (χ4v) is 0.541. The number of hydrogen-bond acceptors (Lipinski definition) is 3. The van der Waals surface area contributed by atoms with E-state index in [0.29, 0.717) is 5.06 Å². The Bertz CT molecular complexity index is 185. The molecule has 0 fully saturated rings. The van der Waals surface area contributed by atoms with Gasteiger partial charge in [-0.2, -0.15) is 0 Å². The molecule has 1 rings (SSSR count). The largest absolute Gasteiger partial charge is 0.317 e. The maximum Gasteiger partial charge on any atom is 0.317 e. The Hall–Kier alpha value is -1.16. The average Bonchev–Trinajstić information content (AvgIpc) is 1.83. The molecule has 1 amide bonds. The van der Waals surface area contributed by atoms with E-state index in [2.05, 4.69) is 0 Å². The van der Waals surface area contributed by atoms with Crippen LogP contribution in [-0.4, -0.2) is 28.5 Å². The van der Waals surface area contributed by atoms with Crippen molar-refractivity contribution in [2.75, 3.05) is 6.54 Å². The fourth-order valence-electron chi connectivity index (χ4n) is 0.541. The van der Waals surface area contributed by atoms with E-state index in [4.69, 9.17) is 5.21 Å². The van der Waals surface area contributed by atoms with Gasteiger partial charge in [0, 0.05) is 0 Å². The molecule has 0 spiro atoms. The van der Waals surface area contributed by atoms with Crippen LogP contribution in [0.25, 0.3) is 0 Å². The second-order valence-electron chi connectivity index (χ2n) is 1.65. The van der Waals surface area contributed by atoms with Crippen molar-refractivity contribution in [2.24, 2.45) is 0 Å². The molecule has 9 heavy (non-hydrogen) atoms. The van der Waals surface area contributed by atoms with Crippen LogP contribution in [0.2, 0.25) is 0 Å². The SMILES string of the molecule is O=C1C=CCN(O)C1=O. The van der Waals surface area contributed by atoms with Crippen molar-refractivity contribution in [1.82, 2.24) is 5.06 Å². The van der Waals surface area contributed by atoms with Crippen molar-refractivity contribution >= 4 is 11.7 Å². The maximum atomic E-state index is 10.4. The van der Waals surface area contributed by atoms with E-state index in [1.54, 1.807) is 0 Å². The van der Waals surface area contributed by atoms with Gasteiger partial charge >= 0.3 is 5.91 Å². The van der Waals surface area contributed by atoms with E-state index >= 15 is 0 Å². The number of carbonyl (C=O) groups excluding carboxylic acids is 2. The lowest BCUT2D eigenvalue weighted by atomic mass is 10.2. The minimum Gasteiger partial charge on any atom is -0.285 e. The van der Waals surface area contributed by atoms with Gasteiger partial charge in [-0.25, -0.2) is 5.06 Å². The van der Waals surface area contributed by atoms with Gasteiger partial charge in [0.15, 0.2) is 0 Å². The average molecular weight is 127 g/mol. The highest BCUT2D eigenvalue weighted by atomic mass is 16.5. The summed E-state index contributed by atoms with van der Waals surface area (Å²) in [6.07, 6.45) is 2.57. The van der Waals surface area contributed by atoms with Gasteiger partial charge in [-0.05, 0) is 6.08 Å². The molecule has 0 bridgehead atoms. The predicted octanol–water partition coefficient (Wildman–Crippen LogP) is -0.657. The van der Waals surface area contributed by atoms with Crippen LogP contribution >= 0.6 is 0 Å². The molecule has 0 saturated heterocycles. The molecule has 0 aromatic heterocycles. The summed E-state index contributed by atoms with van der Waals surface area (Å²) in [7, 11) is 0. The monoisotopic (exact) mass is 127 g/mol. The molecule has 0 unspecified atom stereocenters. The van der Waals surface area contributed by atoms with Crippen molar-refractivity contribution in [1.29, 1.82) is 0 Å². The topological polar surface area (TPSA) is 57.6 Å². The summed E-state index contributed by atoms with van der Waals surface area (Å²) in [5, 5.41) is 8.94. The first-order valence-corrected chi connectivity index (χ1v) is 2.43. The van der Waals surface area contributed by atoms with Crippen LogP contribution in [0.4, 0.5) is 0 Å². The van der Waals surface area contributed by atoms with Crippen LogP contribution in [0, 0.1) is 0 Å². The maximum absolute atomic E-state index is 10.4. The third-order valence-electron chi connectivity index (χ3n) is 0.993.